The Bertz CT molecular complexity index is 328. The number of nitrogens with one attached hydrogen (secondary N) is 1. The molecule has 4 nitrogen and oxygen atoms in total. The molecule has 1 aliphatic heterocycles. The molecule has 1 saturated heterocycles. The normalized spacial score (nSPS) is 30.6. The molecule has 1 aromatic heterocycles. The largest absolute Gasteiger partial charge is 0.445 e. The summed E-state index contributed by atoms with van der Waals surface area (Å²) in [5, 5.41) is 3.48. The molecule has 2 atom stereocenters. The number of nitrogens with zero attached hydrogens (tertiary/aromatic N) is 1. The molecule has 4 heteroatoms. The van der Waals surface area contributed by atoms with Gasteiger partial charge in [-0.3, -0.25) is 0 Å². The molecular weight excluding hydrogens is 204 g/mol. The van der Waals surface area contributed by atoms with Crippen molar-refractivity contribution < 1.29 is 9.15 Å². The van der Waals surface area contributed by atoms with E-state index in [-0.39, 0.29) is 0 Å². The van der Waals surface area contributed by atoms with Crippen LogP contribution in [-0.2, 0) is 11.3 Å². The molecule has 0 bridgehead atoms. The van der Waals surface area contributed by atoms with Gasteiger partial charge in [0.25, 0.3) is 0 Å². The number of hydrogen-bond donors (Lipinski definition) is 1. The van der Waals surface area contributed by atoms with Crippen molar-refractivity contribution >= 4 is 0 Å². The highest BCUT2D eigenvalue weighted by Crippen LogP contribution is 2.19. The number of aryl methyl sites for hydroxylation is 1. The van der Waals surface area contributed by atoms with Gasteiger partial charge in [0.2, 0.25) is 5.89 Å². The summed E-state index contributed by atoms with van der Waals surface area (Å²) in [5.74, 6) is 1.63. The third-order valence-electron chi connectivity index (χ3n) is 2.91. The highest BCUT2D eigenvalue weighted by atomic mass is 16.5. The first-order chi connectivity index (χ1) is 7.63. The van der Waals surface area contributed by atoms with Crippen molar-refractivity contribution in [3.8, 4) is 0 Å². The molecule has 16 heavy (non-hydrogen) atoms. The van der Waals surface area contributed by atoms with Gasteiger partial charge in [-0.1, -0.05) is 0 Å². The van der Waals surface area contributed by atoms with Gasteiger partial charge in [0.05, 0.1) is 24.9 Å². The maximum atomic E-state index is 5.69. The molecular formula is C12H20N2O2. The van der Waals surface area contributed by atoms with E-state index in [1.807, 2.05) is 6.92 Å². The predicted molar refractivity (Wildman–Crippen MR) is 61.1 cm³/mol. The Morgan fingerprint density at radius 3 is 2.62 bits per heavy atom. The minimum absolute atomic E-state index is 0.340. The quantitative estimate of drug-likeness (QED) is 0.853. The van der Waals surface area contributed by atoms with Crippen molar-refractivity contribution in [3.63, 3.8) is 0 Å². The number of oxazole rings is 1. The third kappa shape index (κ3) is 3.06. The second-order valence-electron chi connectivity index (χ2n) is 4.67. The van der Waals surface area contributed by atoms with Crippen molar-refractivity contribution in [1.82, 2.24) is 10.3 Å². The topological polar surface area (TPSA) is 47.3 Å². The van der Waals surface area contributed by atoms with Crippen LogP contribution in [0, 0.1) is 6.92 Å². The van der Waals surface area contributed by atoms with Crippen LogP contribution in [0.3, 0.4) is 0 Å². The van der Waals surface area contributed by atoms with Crippen LogP contribution in [-0.4, -0.2) is 23.2 Å². The van der Waals surface area contributed by atoms with E-state index in [0.717, 1.165) is 24.5 Å². The molecule has 0 radical (unpaired) electrons. The second kappa shape index (κ2) is 4.97. The Balaban J connectivity index is 1.81. The van der Waals surface area contributed by atoms with Gasteiger partial charge in [-0.15, -0.1) is 0 Å². The minimum atomic E-state index is 0.340. The Morgan fingerprint density at radius 2 is 2.06 bits per heavy atom. The summed E-state index contributed by atoms with van der Waals surface area (Å²) in [4.78, 5) is 4.18. The summed E-state index contributed by atoms with van der Waals surface area (Å²) in [5.41, 5.74) is 0. The molecule has 2 unspecified atom stereocenters. The zero-order chi connectivity index (χ0) is 11.5. The number of aromatic nitrogens is 1. The maximum absolute atomic E-state index is 5.69. The summed E-state index contributed by atoms with van der Waals surface area (Å²) in [6, 6.07) is 0.506. The molecule has 0 aromatic carbocycles. The molecule has 0 amide bonds. The van der Waals surface area contributed by atoms with E-state index in [1.165, 1.54) is 0 Å². The molecule has 2 heterocycles. The fourth-order valence-corrected chi connectivity index (χ4v) is 2.29. The van der Waals surface area contributed by atoms with E-state index in [0.29, 0.717) is 24.8 Å². The number of hydrogen-bond acceptors (Lipinski definition) is 4. The molecule has 0 spiro atoms. The Kier molecular flexibility index (Phi) is 3.61. The van der Waals surface area contributed by atoms with Crippen LogP contribution in [0.2, 0.25) is 0 Å². The van der Waals surface area contributed by atoms with Crippen LogP contribution in [0.4, 0.5) is 0 Å². The molecule has 1 fully saturated rings. The van der Waals surface area contributed by atoms with Gasteiger partial charge in [-0.05, 0) is 33.6 Å². The van der Waals surface area contributed by atoms with Gasteiger partial charge >= 0.3 is 0 Å². The number of rotatable bonds is 3. The first-order valence-corrected chi connectivity index (χ1v) is 5.93. The molecule has 2 rings (SSSR count). The predicted octanol–water partition coefficient (Wildman–Crippen LogP) is 2.03. The van der Waals surface area contributed by atoms with E-state index in [9.17, 15) is 0 Å². The zero-order valence-corrected chi connectivity index (χ0v) is 10.2. The van der Waals surface area contributed by atoms with Crippen LogP contribution in [0.1, 0.15) is 38.3 Å². The van der Waals surface area contributed by atoms with Crippen LogP contribution < -0.4 is 5.32 Å². The van der Waals surface area contributed by atoms with Crippen molar-refractivity contribution in [2.24, 2.45) is 0 Å². The van der Waals surface area contributed by atoms with Gasteiger partial charge in [-0.25, -0.2) is 4.98 Å². The lowest BCUT2D eigenvalue weighted by Gasteiger charge is -2.32. The summed E-state index contributed by atoms with van der Waals surface area (Å²) in [6.07, 6.45) is 4.56. The van der Waals surface area contributed by atoms with Crippen molar-refractivity contribution in [1.29, 1.82) is 0 Å². The van der Waals surface area contributed by atoms with Gasteiger partial charge in [0.1, 0.15) is 5.76 Å². The van der Waals surface area contributed by atoms with E-state index < -0.39 is 0 Å². The average molecular weight is 224 g/mol. The standard InChI is InChI=1S/C12H20N2O2/c1-8-4-11(5-9(2)15-8)13-7-12-14-6-10(3)16-12/h6,8-9,11,13H,4-5,7H2,1-3H3. The van der Waals surface area contributed by atoms with Gasteiger partial charge in [-0.2, -0.15) is 0 Å². The Morgan fingerprint density at radius 1 is 1.38 bits per heavy atom. The van der Waals surface area contributed by atoms with E-state index in [4.69, 9.17) is 9.15 Å². The van der Waals surface area contributed by atoms with Gasteiger partial charge in [0, 0.05) is 6.04 Å². The molecule has 90 valence electrons. The fraction of sp³-hybridized carbons (Fsp3) is 0.750. The van der Waals surface area contributed by atoms with E-state index >= 15 is 0 Å². The maximum Gasteiger partial charge on any atom is 0.208 e. The van der Waals surface area contributed by atoms with Gasteiger partial charge in [0.15, 0.2) is 0 Å². The lowest BCUT2D eigenvalue weighted by atomic mass is 10.00. The Hall–Kier alpha value is -0.870. The number of ether oxygens (including phenoxy) is 1. The lowest BCUT2D eigenvalue weighted by Crippen LogP contribution is -2.41. The third-order valence-corrected chi connectivity index (χ3v) is 2.91. The summed E-state index contributed by atoms with van der Waals surface area (Å²) < 4.78 is 11.1. The Labute approximate surface area is 96.4 Å². The highest BCUT2D eigenvalue weighted by Gasteiger charge is 2.24. The van der Waals surface area contributed by atoms with Crippen LogP contribution in [0.15, 0.2) is 10.6 Å². The molecule has 0 aliphatic carbocycles. The molecule has 1 aliphatic rings. The second-order valence-corrected chi connectivity index (χ2v) is 4.67. The SMILES string of the molecule is Cc1cnc(CNC2CC(C)OC(C)C2)o1. The van der Waals surface area contributed by atoms with Crippen molar-refractivity contribution in [2.75, 3.05) is 0 Å². The zero-order valence-electron chi connectivity index (χ0n) is 10.2. The van der Waals surface area contributed by atoms with Crippen LogP contribution >= 0.6 is 0 Å². The first kappa shape index (κ1) is 11.6. The summed E-state index contributed by atoms with van der Waals surface area (Å²) >= 11 is 0. The fourth-order valence-electron chi connectivity index (χ4n) is 2.29. The summed E-state index contributed by atoms with van der Waals surface area (Å²) in [7, 11) is 0. The van der Waals surface area contributed by atoms with Gasteiger partial charge < -0.3 is 14.5 Å². The van der Waals surface area contributed by atoms with E-state index in [1.54, 1.807) is 6.20 Å². The van der Waals surface area contributed by atoms with E-state index in [2.05, 4.69) is 24.1 Å². The van der Waals surface area contributed by atoms with Crippen molar-refractivity contribution in [3.05, 3.63) is 17.8 Å². The van der Waals surface area contributed by atoms with Crippen LogP contribution in [0.25, 0.3) is 0 Å². The average Bonchev–Trinajstić information content (AvgIpc) is 2.60. The van der Waals surface area contributed by atoms with Crippen molar-refractivity contribution in [2.45, 2.75) is 58.4 Å². The first-order valence-electron chi connectivity index (χ1n) is 5.93. The summed E-state index contributed by atoms with van der Waals surface area (Å²) in [6.45, 7) is 6.87. The minimum Gasteiger partial charge on any atom is -0.445 e. The highest BCUT2D eigenvalue weighted by molar-refractivity contribution is 4.91. The lowest BCUT2D eigenvalue weighted by molar-refractivity contribution is -0.0425. The smallest absolute Gasteiger partial charge is 0.208 e. The molecule has 1 aromatic rings. The monoisotopic (exact) mass is 224 g/mol. The molecule has 0 saturated carbocycles. The van der Waals surface area contributed by atoms with Crippen LogP contribution in [0.5, 0.6) is 0 Å². The molecule has 1 N–H and O–H groups in total.